The Morgan fingerprint density at radius 3 is 2.61 bits per heavy atom. The van der Waals surface area contributed by atoms with Gasteiger partial charge in [-0.05, 0) is 29.5 Å². The van der Waals surface area contributed by atoms with Crippen molar-refractivity contribution in [2.75, 3.05) is 0 Å². The molecule has 1 fully saturated rings. The minimum Gasteiger partial charge on any atom is -0.478 e. The van der Waals surface area contributed by atoms with Crippen LogP contribution in [0, 0.1) is 5.92 Å². The molecule has 0 unspecified atom stereocenters. The number of unbranched alkanes of at least 4 members (excludes halogenated alkanes) is 2. The first-order valence-corrected chi connectivity index (χ1v) is 12.3. The second-order valence-electron chi connectivity index (χ2n) is 9.18. The molecule has 0 aliphatic heterocycles. The van der Waals surface area contributed by atoms with E-state index in [0.717, 1.165) is 54.5 Å². The molecule has 0 bridgehead atoms. The quantitative estimate of drug-likeness (QED) is 0.390. The molecule has 6 nitrogen and oxygen atoms in total. The van der Waals surface area contributed by atoms with Gasteiger partial charge in [-0.2, -0.15) is 5.10 Å². The summed E-state index contributed by atoms with van der Waals surface area (Å²) in [5.41, 5.74) is 2.90. The zero-order chi connectivity index (χ0) is 23.0. The molecule has 3 aromatic rings. The average Bonchev–Trinajstić information content (AvgIpc) is 3.21. The van der Waals surface area contributed by atoms with Gasteiger partial charge < -0.3 is 5.11 Å². The van der Waals surface area contributed by atoms with Crippen LogP contribution in [0.5, 0.6) is 0 Å². The fourth-order valence-electron chi connectivity index (χ4n) is 4.78. The standard InChI is InChI=1S/C27H34N4O2/c1-2-3-7-16-31-26(29-25(30-31)17-20-8-5-4-6-9-20)18-21-10-12-22(13-11-21)24-19-28-15-14-23(24)27(32)33/h10-15,19-20H,2-9,16-18H2,1H3,(H,32,33). The summed E-state index contributed by atoms with van der Waals surface area (Å²) < 4.78 is 2.12. The van der Waals surface area contributed by atoms with Crippen LogP contribution in [0.1, 0.15) is 85.9 Å². The van der Waals surface area contributed by atoms with E-state index in [4.69, 9.17) is 10.1 Å². The van der Waals surface area contributed by atoms with Crippen LogP contribution < -0.4 is 0 Å². The molecule has 0 radical (unpaired) electrons. The smallest absolute Gasteiger partial charge is 0.336 e. The first-order chi connectivity index (χ1) is 16.1. The Morgan fingerprint density at radius 1 is 1.09 bits per heavy atom. The molecule has 0 atom stereocenters. The molecule has 0 saturated heterocycles. The SMILES string of the molecule is CCCCCn1nc(CC2CCCCC2)nc1Cc1ccc(-c2cnccc2C(=O)O)cc1. The maximum Gasteiger partial charge on any atom is 0.336 e. The minimum atomic E-state index is -0.942. The highest BCUT2D eigenvalue weighted by atomic mass is 16.4. The Bertz CT molecular complexity index is 1050. The zero-order valence-electron chi connectivity index (χ0n) is 19.5. The van der Waals surface area contributed by atoms with E-state index in [-0.39, 0.29) is 5.56 Å². The highest BCUT2D eigenvalue weighted by Gasteiger charge is 2.18. The van der Waals surface area contributed by atoms with E-state index in [2.05, 4.69) is 28.7 Å². The molecule has 0 spiro atoms. The van der Waals surface area contributed by atoms with E-state index in [1.165, 1.54) is 57.2 Å². The fraction of sp³-hybridized carbons (Fsp3) is 0.481. The number of hydrogen-bond acceptors (Lipinski definition) is 4. The van der Waals surface area contributed by atoms with E-state index in [0.29, 0.717) is 5.56 Å². The summed E-state index contributed by atoms with van der Waals surface area (Å²) in [5, 5.41) is 14.4. The van der Waals surface area contributed by atoms with Crippen LogP contribution >= 0.6 is 0 Å². The summed E-state index contributed by atoms with van der Waals surface area (Å²) in [4.78, 5) is 20.6. The van der Waals surface area contributed by atoms with E-state index in [1.54, 1.807) is 6.20 Å². The van der Waals surface area contributed by atoms with Crippen molar-refractivity contribution in [1.82, 2.24) is 19.7 Å². The number of nitrogens with zero attached hydrogens (tertiary/aromatic N) is 4. The van der Waals surface area contributed by atoms with Gasteiger partial charge in [0, 0.05) is 37.3 Å². The van der Waals surface area contributed by atoms with Crippen molar-refractivity contribution in [2.45, 2.75) is 77.7 Å². The normalized spacial score (nSPS) is 14.5. The van der Waals surface area contributed by atoms with Crippen LogP contribution in [0.2, 0.25) is 0 Å². The lowest BCUT2D eigenvalue weighted by Crippen LogP contribution is -2.10. The maximum atomic E-state index is 11.5. The van der Waals surface area contributed by atoms with Gasteiger partial charge in [0.2, 0.25) is 0 Å². The number of carboxylic acids is 1. The summed E-state index contributed by atoms with van der Waals surface area (Å²) in [6.07, 6.45) is 15.0. The van der Waals surface area contributed by atoms with Gasteiger partial charge in [-0.15, -0.1) is 0 Å². The lowest BCUT2D eigenvalue weighted by molar-refractivity contribution is 0.0697. The van der Waals surface area contributed by atoms with Crippen molar-refractivity contribution in [3.05, 3.63) is 65.5 Å². The Hall–Kier alpha value is -3.02. The molecular formula is C27H34N4O2. The second-order valence-corrected chi connectivity index (χ2v) is 9.18. The van der Waals surface area contributed by atoms with E-state index in [9.17, 15) is 9.90 Å². The summed E-state index contributed by atoms with van der Waals surface area (Å²) in [6, 6.07) is 9.59. The lowest BCUT2D eigenvalue weighted by atomic mass is 9.87. The largest absolute Gasteiger partial charge is 0.478 e. The van der Waals surface area contributed by atoms with Gasteiger partial charge in [0.25, 0.3) is 0 Å². The van der Waals surface area contributed by atoms with Gasteiger partial charge in [-0.25, -0.2) is 14.5 Å². The Balaban J connectivity index is 1.51. The van der Waals surface area contributed by atoms with Crippen molar-refractivity contribution in [3.8, 4) is 11.1 Å². The number of rotatable bonds is 10. The Labute approximate surface area is 196 Å². The lowest BCUT2D eigenvalue weighted by Gasteiger charge is -2.19. The topological polar surface area (TPSA) is 80.9 Å². The molecule has 1 aliphatic carbocycles. The van der Waals surface area contributed by atoms with Crippen LogP contribution in [0.15, 0.2) is 42.7 Å². The predicted octanol–water partition coefficient (Wildman–Crippen LogP) is 5.94. The molecule has 2 heterocycles. The number of benzene rings is 1. The van der Waals surface area contributed by atoms with Crippen molar-refractivity contribution >= 4 is 5.97 Å². The molecular weight excluding hydrogens is 412 g/mol. The van der Waals surface area contributed by atoms with Crippen molar-refractivity contribution in [2.24, 2.45) is 5.92 Å². The van der Waals surface area contributed by atoms with Gasteiger partial charge in [-0.3, -0.25) is 4.98 Å². The van der Waals surface area contributed by atoms with Crippen LogP contribution in [0.4, 0.5) is 0 Å². The van der Waals surface area contributed by atoms with Crippen molar-refractivity contribution in [3.63, 3.8) is 0 Å². The number of aryl methyl sites for hydroxylation is 1. The number of carbonyl (C=O) groups is 1. The van der Waals surface area contributed by atoms with Gasteiger partial charge in [-0.1, -0.05) is 76.1 Å². The molecule has 1 N–H and O–H groups in total. The van der Waals surface area contributed by atoms with E-state index >= 15 is 0 Å². The number of hydrogen-bond donors (Lipinski definition) is 1. The number of carboxylic acid groups (broad SMARTS) is 1. The van der Waals surface area contributed by atoms with E-state index < -0.39 is 5.97 Å². The average molecular weight is 447 g/mol. The third-order valence-electron chi connectivity index (χ3n) is 6.64. The van der Waals surface area contributed by atoms with Crippen LogP contribution in [-0.4, -0.2) is 30.8 Å². The third-order valence-corrected chi connectivity index (χ3v) is 6.64. The number of aromatic nitrogens is 4. The van der Waals surface area contributed by atoms with Crippen molar-refractivity contribution in [1.29, 1.82) is 0 Å². The molecule has 1 saturated carbocycles. The van der Waals surface area contributed by atoms with Crippen LogP contribution in [-0.2, 0) is 19.4 Å². The highest BCUT2D eigenvalue weighted by molar-refractivity contribution is 5.95. The van der Waals surface area contributed by atoms with E-state index in [1.807, 2.05) is 12.1 Å². The number of pyridine rings is 1. The Kier molecular flexibility index (Phi) is 7.87. The first-order valence-electron chi connectivity index (χ1n) is 12.3. The van der Waals surface area contributed by atoms with Gasteiger partial charge in [0.15, 0.2) is 5.82 Å². The maximum absolute atomic E-state index is 11.5. The fourth-order valence-corrected chi connectivity index (χ4v) is 4.78. The molecule has 1 aliphatic rings. The van der Waals surface area contributed by atoms with Gasteiger partial charge in [0.05, 0.1) is 5.56 Å². The van der Waals surface area contributed by atoms with Gasteiger partial charge in [0.1, 0.15) is 5.82 Å². The molecule has 174 valence electrons. The molecule has 6 heteroatoms. The summed E-state index contributed by atoms with van der Waals surface area (Å²) in [7, 11) is 0. The summed E-state index contributed by atoms with van der Waals surface area (Å²) in [5.74, 6) is 1.80. The molecule has 2 aromatic heterocycles. The molecule has 4 rings (SSSR count). The zero-order valence-corrected chi connectivity index (χ0v) is 19.5. The third kappa shape index (κ3) is 6.06. The van der Waals surface area contributed by atoms with Crippen LogP contribution in [0.25, 0.3) is 11.1 Å². The molecule has 33 heavy (non-hydrogen) atoms. The van der Waals surface area contributed by atoms with Crippen molar-refractivity contribution < 1.29 is 9.90 Å². The van der Waals surface area contributed by atoms with Gasteiger partial charge >= 0.3 is 5.97 Å². The minimum absolute atomic E-state index is 0.265. The summed E-state index contributed by atoms with van der Waals surface area (Å²) >= 11 is 0. The first kappa shape index (κ1) is 23.1. The molecule has 1 aromatic carbocycles. The highest BCUT2D eigenvalue weighted by Crippen LogP contribution is 2.27. The second kappa shape index (κ2) is 11.2. The summed E-state index contributed by atoms with van der Waals surface area (Å²) in [6.45, 7) is 3.13. The Morgan fingerprint density at radius 2 is 1.88 bits per heavy atom. The van der Waals surface area contributed by atoms with Crippen LogP contribution in [0.3, 0.4) is 0 Å². The molecule has 0 amide bonds. The predicted molar refractivity (Wildman–Crippen MR) is 129 cm³/mol. The monoisotopic (exact) mass is 446 g/mol. The number of aromatic carboxylic acids is 1.